The lowest BCUT2D eigenvalue weighted by molar-refractivity contribution is 0.292. The Kier molecular flexibility index (Phi) is 9.13. The van der Waals surface area contributed by atoms with Gasteiger partial charge in [0.2, 0.25) is 0 Å². The Bertz CT molecular complexity index is 658. The Hall–Kier alpha value is -1.84. The molecule has 3 N–H and O–H groups in total. The molecule has 1 aromatic rings. The molecular formula is C21H33N3. The van der Waals surface area contributed by atoms with Crippen molar-refractivity contribution in [3.05, 3.63) is 52.0 Å². The first-order valence-electron chi connectivity index (χ1n) is 8.81. The van der Waals surface area contributed by atoms with Crippen LogP contribution < -0.4 is 21.5 Å². The van der Waals surface area contributed by atoms with Crippen molar-refractivity contribution in [2.24, 2.45) is 5.73 Å². The van der Waals surface area contributed by atoms with Gasteiger partial charge in [-0.2, -0.15) is 0 Å². The Labute approximate surface area is 147 Å². The van der Waals surface area contributed by atoms with Gasteiger partial charge >= 0.3 is 0 Å². The van der Waals surface area contributed by atoms with Crippen LogP contribution in [0.3, 0.4) is 0 Å². The van der Waals surface area contributed by atoms with Crippen LogP contribution >= 0.6 is 0 Å². The molecule has 0 bridgehead atoms. The van der Waals surface area contributed by atoms with Gasteiger partial charge in [0, 0.05) is 25.3 Å². The van der Waals surface area contributed by atoms with Crippen LogP contribution in [0.1, 0.15) is 32.8 Å². The summed E-state index contributed by atoms with van der Waals surface area (Å²) in [5, 5.41) is 5.66. The maximum absolute atomic E-state index is 5.62. The molecule has 0 aromatic heterocycles. The number of likely N-dealkylation sites (N-methyl/N-ethyl adjacent to an activating group) is 1. The van der Waals surface area contributed by atoms with E-state index in [2.05, 4.69) is 67.6 Å². The van der Waals surface area contributed by atoms with E-state index in [4.69, 9.17) is 5.73 Å². The van der Waals surface area contributed by atoms with Gasteiger partial charge < -0.3 is 16.0 Å². The lowest BCUT2D eigenvalue weighted by Gasteiger charge is -2.19. The summed E-state index contributed by atoms with van der Waals surface area (Å²) in [4.78, 5) is 2.37. The van der Waals surface area contributed by atoms with Crippen molar-refractivity contribution >= 4 is 18.7 Å². The summed E-state index contributed by atoms with van der Waals surface area (Å²) in [6, 6.07) is 6.31. The topological polar surface area (TPSA) is 41.3 Å². The van der Waals surface area contributed by atoms with E-state index < -0.39 is 0 Å². The van der Waals surface area contributed by atoms with E-state index in [9.17, 15) is 0 Å². The monoisotopic (exact) mass is 327 g/mol. The zero-order valence-corrected chi connectivity index (χ0v) is 15.6. The van der Waals surface area contributed by atoms with Crippen LogP contribution in [0.25, 0.3) is 18.7 Å². The number of nitrogens with one attached hydrogen (secondary N) is 1. The van der Waals surface area contributed by atoms with Gasteiger partial charge in [0.15, 0.2) is 0 Å². The average Bonchev–Trinajstić information content (AvgIpc) is 2.58. The molecule has 3 heteroatoms. The van der Waals surface area contributed by atoms with Gasteiger partial charge in [-0.1, -0.05) is 38.3 Å². The van der Waals surface area contributed by atoms with Crippen molar-refractivity contribution in [1.82, 2.24) is 10.2 Å². The first-order chi connectivity index (χ1) is 11.5. The molecule has 0 unspecified atom stereocenters. The zero-order chi connectivity index (χ0) is 17.9. The molecule has 0 saturated carbocycles. The fraction of sp³-hybridized carbons (Fsp3) is 0.429. The quantitative estimate of drug-likeness (QED) is 0.511. The minimum absolute atomic E-state index is 0.721. The van der Waals surface area contributed by atoms with E-state index in [1.165, 1.54) is 10.8 Å². The molecular weight excluding hydrogens is 294 g/mol. The van der Waals surface area contributed by atoms with Crippen LogP contribution in [0.4, 0.5) is 0 Å². The fourth-order valence-electron chi connectivity index (χ4n) is 2.60. The van der Waals surface area contributed by atoms with Crippen molar-refractivity contribution in [2.75, 3.05) is 32.7 Å². The molecule has 0 amide bonds. The van der Waals surface area contributed by atoms with Crippen LogP contribution in [0.15, 0.2) is 36.0 Å². The highest BCUT2D eigenvalue weighted by molar-refractivity contribution is 5.57. The molecule has 0 fully saturated rings. The Morgan fingerprint density at radius 3 is 2.71 bits per heavy atom. The number of allylic oxidation sites excluding steroid dienone is 1. The van der Waals surface area contributed by atoms with Gasteiger partial charge in [-0.3, -0.25) is 0 Å². The molecule has 0 heterocycles. The second-order valence-electron chi connectivity index (χ2n) is 6.06. The van der Waals surface area contributed by atoms with E-state index in [1.54, 1.807) is 0 Å². The van der Waals surface area contributed by atoms with Crippen molar-refractivity contribution in [3.8, 4) is 0 Å². The van der Waals surface area contributed by atoms with E-state index in [-0.39, 0.29) is 0 Å². The normalized spacial score (nSPS) is 12.7. The standard InChI is InChI=1S/C21H33N3/c1-6-21-16-20(10-9-17(21)3)15-18(4)19(5)23-12-8-13-24(7-2)14-11-22/h6,9-10,15-16,23H,3,5,7-8,11-14,22H2,1-2,4H3/b18-15+,21-6-. The maximum atomic E-state index is 5.62. The minimum Gasteiger partial charge on any atom is -0.385 e. The lowest BCUT2D eigenvalue weighted by Crippen LogP contribution is -2.31. The molecule has 0 atom stereocenters. The predicted molar refractivity (Wildman–Crippen MR) is 108 cm³/mol. The smallest absolute Gasteiger partial charge is 0.0297 e. The molecule has 3 nitrogen and oxygen atoms in total. The van der Waals surface area contributed by atoms with Gasteiger partial charge in [0.25, 0.3) is 0 Å². The van der Waals surface area contributed by atoms with Crippen LogP contribution in [-0.4, -0.2) is 37.6 Å². The maximum Gasteiger partial charge on any atom is 0.0297 e. The molecule has 132 valence electrons. The summed E-state index contributed by atoms with van der Waals surface area (Å²) in [5.74, 6) is 0. The van der Waals surface area contributed by atoms with Gasteiger partial charge in [0.1, 0.15) is 0 Å². The van der Waals surface area contributed by atoms with Crippen LogP contribution in [-0.2, 0) is 0 Å². The molecule has 1 aromatic carbocycles. The molecule has 0 aliphatic carbocycles. The number of nitrogens with two attached hydrogens (primary N) is 1. The second-order valence-corrected chi connectivity index (χ2v) is 6.06. The van der Waals surface area contributed by atoms with Gasteiger partial charge in [0.05, 0.1) is 0 Å². The highest BCUT2D eigenvalue weighted by atomic mass is 15.1. The first-order valence-corrected chi connectivity index (χ1v) is 8.81. The summed E-state index contributed by atoms with van der Waals surface area (Å²) >= 11 is 0. The molecule has 24 heavy (non-hydrogen) atoms. The van der Waals surface area contributed by atoms with Gasteiger partial charge in [-0.15, -0.1) is 0 Å². The van der Waals surface area contributed by atoms with E-state index >= 15 is 0 Å². The average molecular weight is 328 g/mol. The third-order valence-corrected chi connectivity index (χ3v) is 4.22. The number of rotatable bonds is 10. The Morgan fingerprint density at radius 1 is 1.33 bits per heavy atom. The highest BCUT2D eigenvalue weighted by Crippen LogP contribution is 2.09. The van der Waals surface area contributed by atoms with Crippen LogP contribution in [0.5, 0.6) is 0 Å². The van der Waals surface area contributed by atoms with Crippen molar-refractivity contribution in [3.63, 3.8) is 0 Å². The largest absolute Gasteiger partial charge is 0.385 e. The summed E-state index contributed by atoms with van der Waals surface area (Å²) in [6.45, 7) is 19.2. The van der Waals surface area contributed by atoms with Crippen molar-refractivity contribution in [1.29, 1.82) is 0 Å². The number of nitrogens with zero attached hydrogens (tertiary/aromatic N) is 1. The SMILES string of the molecule is C=C(NCCCN(CC)CCN)/C(C)=C/c1ccc(=C)/c(=C\C)c1. The van der Waals surface area contributed by atoms with Crippen molar-refractivity contribution in [2.45, 2.75) is 27.2 Å². The number of hydrogen-bond acceptors (Lipinski definition) is 3. The molecule has 0 saturated heterocycles. The summed E-state index contributed by atoms with van der Waals surface area (Å²) < 4.78 is 0. The van der Waals surface area contributed by atoms with Gasteiger partial charge in [-0.25, -0.2) is 0 Å². The highest BCUT2D eigenvalue weighted by Gasteiger charge is 2.01. The molecule has 0 radical (unpaired) electrons. The van der Waals surface area contributed by atoms with Gasteiger partial charge in [-0.05, 0) is 67.1 Å². The second kappa shape index (κ2) is 10.8. The third kappa shape index (κ3) is 6.73. The molecule has 1 rings (SSSR count). The Balaban J connectivity index is 2.54. The Morgan fingerprint density at radius 2 is 2.08 bits per heavy atom. The summed E-state index contributed by atoms with van der Waals surface area (Å²) in [7, 11) is 0. The molecule has 0 spiro atoms. The fourth-order valence-corrected chi connectivity index (χ4v) is 2.60. The summed E-state index contributed by atoms with van der Waals surface area (Å²) in [6.07, 6.45) is 5.34. The van der Waals surface area contributed by atoms with E-state index in [0.717, 1.165) is 55.6 Å². The third-order valence-electron chi connectivity index (χ3n) is 4.22. The van der Waals surface area contributed by atoms with E-state index in [1.807, 2.05) is 6.92 Å². The summed E-state index contributed by atoms with van der Waals surface area (Å²) in [5.41, 5.74) is 8.93. The van der Waals surface area contributed by atoms with Crippen LogP contribution in [0, 0.1) is 0 Å². The number of benzene rings is 1. The predicted octanol–water partition coefficient (Wildman–Crippen LogP) is 2.07. The minimum atomic E-state index is 0.721. The van der Waals surface area contributed by atoms with Crippen LogP contribution in [0.2, 0.25) is 0 Å². The lowest BCUT2D eigenvalue weighted by atomic mass is 10.1. The number of hydrogen-bond donors (Lipinski definition) is 2. The molecule has 0 aliphatic rings. The molecule has 0 aliphatic heterocycles. The zero-order valence-electron chi connectivity index (χ0n) is 15.6. The van der Waals surface area contributed by atoms with E-state index in [0.29, 0.717) is 0 Å². The van der Waals surface area contributed by atoms with Crippen molar-refractivity contribution < 1.29 is 0 Å². The first kappa shape index (κ1) is 20.2.